The van der Waals surface area contributed by atoms with Crippen molar-refractivity contribution >= 4 is 59.6 Å². The minimum Gasteiger partial charge on any atom is -0.277 e. The highest BCUT2D eigenvalue weighted by molar-refractivity contribution is 7.96. The molecule has 0 fully saturated rings. The minimum atomic E-state index is -4.07. The van der Waals surface area contributed by atoms with Gasteiger partial charge in [-0.2, -0.15) is 5.10 Å². The third-order valence-electron chi connectivity index (χ3n) is 2.75. The Morgan fingerprint density at radius 3 is 2.65 bits per heavy atom. The molecule has 4 N–H and O–H groups in total. The molecular formula is C10H8ClN5O4S3. The zero-order valence-corrected chi connectivity index (χ0v) is 14.2. The van der Waals surface area contributed by atoms with E-state index in [9.17, 15) is 16.8 Å². The van der Waals surface area contributed by atoms with Crippen molar-refractivity contribution in [3.8, 4) is 0 Å². The molecule has 23 heavy (non-hydrogen) atoms. The molecule has 0 amide bonds. The Labute approximate surface area is 139 Å². The van der Waals surface area contributed by atoms with Gasteiger partial charge in [0.15, 0.2) is 4.21 Å². The highest BCUT2D eigenvalue weighted by atomic mass is 35.5. The van der Waals surface area contributed by atoms with Crippen molar-refractivity contribution < 1.29 is 16.8 Å². The van der Waals surface area contributed by atoms with Crippen molar-refractivity contribution in [2.75, 3.05) is 4.72 Å². The molecule has 0 saturated carbocycles. The van der Waals surface area contributed by atoms with Gasteiger partial charge in [-0.25, -0.2) is 27.0 Å². The zero-order chi connectivity index (χ0) is 16.8. The summed E-state index contributed by atoms with van der Waals surface area (Å²) < 4.78 is 48.6. The zero-order valence-electron chi connectivity index (χ0n) is 11.0. The van der Waals surface area contributed by atoms with Gasteiger partial charge < -0.3 is 0 Å². The molecule has 0 saturated heterocycles. The lowest BCUT2D eigenvalue weighted by Gasteiger charge is -2.06. The largest absolute Gasteiger partial charge is 0.277 e. The summed E-state index contributed by atoms with van der Waals surface area (Å²) in [7, 11) is -8.11. The van der Waals surface area contributed by atoms with Gasteiger partial charge in [-0.05, 0) is 12.1 Å². The number of anilines is 1. The number of nitrogens with two attached hydrogens (primary N) is 1. The molecule has 0 unspecified atom stereocenters. The predicted octanol–water partition coefficient (Wildman–Crippen LogP) is 1.12. The number of nitrogens with zero attached hydrogens (tertiary/aromatic N) is 2. The Bertz CT molecular complexity index is 1100. The van der Waals surface area contributed by atoms with Gasteiger partial charge in [0, 0.05) is 5.39 Å². The number of para-hydroxylation sites is 1. The molecule has 122 valence electrons. The lowest BCUT2D eigenvalue weighted by molar-refractivity contribution is 0.596. The topological polar surface area (TPSA) is 148 Å². The monoisotopic (exact) mass is 393 g/mol. The normalized spacial score (nSPS) is 12.6. The van der Waals surface area contributed by atoms with Crippen LogP contribution < -0.4 is 9.86 Å². The Kier molecular flexibility index (Phi) is 3.80. The molecule has 0 aliphatic rings. The van der Waals surface area contributed by atoms with E-state index in [4.69, 9.17) is 16.7 Å². The number of H-pyrrole nitrogens is 1. The van der Waals surface area contributed by atoms with Gasteiger partial charge in [0.25, 0.3) is 20.0 Å². The number of primary sulfonamides is 1. The third-order valence-corrected chi connectivity index (χ3v) is 7.20. The van der Waals surface area contributed by atoms with Crippen LogP contribution in [-0.2, 0) is 20.0 Å². The maximum Gasteiger partial charge on any atom is 0.273 e. The molecule has 0 atom stereocenters. The van der Waals surface area contributed by atoms with Crippen LogP contribution in [0.5, 0.6) is 0 Å². The molecular weight excluding hydrogens is 386 g/mol. The van der Waals surface area contributed by atoms with Crippen LogP contribution in [0.3, 0.4) is 0 Å². The summed E-state index contributed by atoms with van der Waals surface area (Å²) in [5.74, 6) is 0. The summed E-state index contributed by atoms with van der Waals surface area (Å²) in [5, 5.41) is 12.2. The second kappa shape index (κ2) is 5.42. The standard InChI is InChI=1S/C10H8ClN5O4S3/c11-9-5-2-1-3-6(8(5)14-15-9)16-23(19,20)7-4-13-10(21-7)22(12,17)18/h1-4,16H,(H,14,15)(H2,12,17,18). The van der Waals surface area contributed by atoms with Gasteiger partial charge in [0.1, 0.15) is 10.7 Å². The van der Waals surface area contributed by atoms with E-state index < -0.39 is 24.4 Å². The number of fused-ring (bicyclic) bond motifs is 1. The highest BCUT2D eigenvalue weighted by Gasteiger charge is 2.23. The Morgan fingerprint density at radius 1 is 1.26 bits per heavy atom. The molecule has 0 aliphatic carbocycles. The summed E-state index contributed by atoms with van der Waals surface area (Å²) in [6.07, 6.45) is 0.921. The molecule has 9 nitrogen and oxygen atoms in total. The molecule has 2 aromatic heterocycles. The number of aromatic amines is 1. The number of hydrogen-bond donors (Lipinski definition) is 3. The van der Waals surface area contributed by atoms with Crippen LogP contribution in [0.2, 0.25) is 5.15 Å². The van der Waals surface area contributed by atoms with E-state index in [0.29, 0.717) is 22.2 Å². The smallest absolute Gasteiger partial charge is 0.273 e. The number of benzene rings is 1. The van der Waals surface area contributed by atoms with E-state index in [0.717, 1.165) is 6.20 Å². The fourth-order valence-corrected chi connectivity index (χ4v) is 5.00. The highest BCUT2D eigenvalue weighted by Crippen LogP contribution is 2.29. The lowest BCUT2D eigenvalue weighted by Crippen LogP contribution is -2.12. The average Bonchev–Trinajstić information content (AvgIpc) is 3.07. The van der Waals surface area contributed by atoms with E-state index in [1.54, 1.807) is 12.1 Å². The number of aromatic nitrogens is 3. The second-order valence-corrected chi connectivity index (χ2v) is 9.39. The summed E-state index contributed by atoms with van der Waals surface area (Å²) in [4.78, 5) is 3.51. The number of halogens is 1. The number of nitrogens with one attached hydrogen (secondary N) is 2. The maximum absolute atomic E-state index is 12.3. The minimum absolute atomic E-state index is 0.191. The van der Waals surface area contributed by atoms with Crippen molar-refractivity contribution in [2.24, 2.45) is 5.14 Å². The van der Waals surface area contributed by atoms with Gasteiger partial charge in [0.05, 0.1) is 11.9 Å². The van der Waals surface area contributed by atoms with E-state index in [1.165, 1.54) is 6.07 Å². The molecule has 0 bridgehead atoms. The third kappa shape index (κ3) is 3.03. The van der Waals surface area contributed by atoms with Gasteiger partial charge >= 0.3 is 0 Å². The van der Waals surface area contributed by atoms with Crippen molar-refractivity contribution in [3.05, 3.63) is 29.5 Å². The first-order valence-electron chi connectivity index (χ1n) is 5.82. The summed E-state index contributed by atoms with van der Waals surface area (Å²) >= 11 is 6.35. The van der Waals surface area contributed by atoms with Gasteiger partial charge in [-0.3, -0.25) is 9.82 Å². The summed E-state index contributed by atoms with van der Waals surface area (Å²) in [6, 6.07) is 4.77. The van der Waals surface area contributed by atoms with Crippen LogP contribution in [0.25, 0.3) is 10.9 Å². The Balaban J connectivity index is 2.02. The fraction of sp³-hybridized carbons (Fsp3) is 0. The average molecular weight is 394 g/mol. The molecule has 3 rings (SSSR count). The van der Waals surface area contributed by atoms with E-state index >= 15 is 0 Å². The Hall–Kier alpha value is -1.73. The van der Waals surface area contributed by atoms with Gasteiger partial charge in [-0.1, -0.05) is 29.0 Å². The number of rotatable bonds is 4. The van der Waals surface area contributed by atoms with Crippen molar-refractivity contribution in [1.82, 2.24) is 15.2 Å². The number of hydrogen-bond acceptors (Lipinski definition) is 7. The fourth-order valence-electron chi connectivity index (χ4n) is 1.78. The Morgan fingerprint density at radius 2 is 2.00 bits per heavy atom. The number of sulfonamides is 2. The van der Waals surface area contributed by atoms with E-state index in [2.05, 4.69) is 19.9 Å². The first-order valence-corrected chi connectivity index (χ1v) is 10.0. The first-order chi connectivity index (χ1) is 10.7. The van der Waals surface area contributed by atoms with Crippen molar-refractivity contribution in [2.45, 2.75) is 8.55 Å². The maximum atomic E-state index is 12.3. The molecule has 0 spiro atoms. The molecule has 3 aromatic rings. The van der Waals surface area contributed by atoms with Crippen molar-refractivity contribution in [3.63, 3.8) is 0 Å². The van der Waals surface area contributed by atoms with Crippen LogP contribution in [0.4, 0.5) is 5.69 Å². The number of thiazole rings is 1. The molecule has 2 heterocycles. The lowest BCUT2D eigenvalue weighted by atomic mass is 10.2. The molecule has 1 aromatic carbocycles. The van der Waals surface area contributed by atoms with Crippen LogP contribution in [-0.4, -0.2) is 32.0 Å². The summed E-state index contributed by atoms with van der Waals surface area (Å²) in [5.41, 5.74) is 0.522. The van der Waals surface area contributed by atoms with Crippen LogP contribution in [0.15, 0.2) is 32.9 Å². The first kappa shape index (κ1) is 16.1. The van der Waals surface area contributed by atoms with Crippen LogP contribution in [0, 0.1) is 0 Å². The predicted molar refractivity (Wildman–Crippen MR) is 85.4 cm³/mol. The van der Waals surface area contributed by atoms with E-state index in [-0.39, 0.29) is 15.0 Å². The summed E-state index contributed by atoms with van der Waals surface area (Å²) in [6.45, 7) is 0. The van der Waals surface area contributed by atoms with Crippen molar-refractivity contribution in [1.29, 1.82) is 0 Å². The van der Waals surface area contributed by atoms with E-state index in [1.807, 2.05) is 0 Å². The molecule has 0 aliphatic heterocycles. The molecule has 0 radical (unpaired) electrons. The molecule has 13 heteroatoms. The van der Waals surface area contributed by atoms with Crippen LogP contribution in [0.1, 0.15) is 0 Å². The quantitative estimate of drug-likeness (QED) is 0.604. The van der Waals surface area contributed by atoms with Gasteiger partial charge in [-0.15, -0.1) is 0 Å². The van der Waals surface area contributed by atoms with Crippen LogP contribution >= 0.6 is 22.9 Å². The second-order valence-electron chi connectivity index (χ2n) is 4.34. The SMILES string of the molecule is NS(=O)(=O)c1ncc(S(=O)(=O)Nc2cccc3c(Cl)[nH]nc23)s1. The van der Waals surface area contributed by atoms with Gasteiger partial charge in [0.2, 0.25) is 4.34 Å².